The number of nitrogens with zero attached hydrogens (tertiary/aromatic N) is 2. The summed E-state index contributed by atoms with van der Waals surface area (Å²) in [6, 6.07) is 39.2. The number of benzene rings is 4. The summed E-state index contributed by atoms with van der Waals surface area (Å²) in [5.41, 5.74) is 8.50. The van der Waals surface area contributed by atoms with Crippen LogP contribution in [0.3, 0.4) is 0 Å². The maximum Gasteiger partial charge on any atom is 0.0938 e. The molecule has 206 valence electrons. The van der Waals surface area contributed by atoms with Crippen LogP contribution in [0, 0.1) is 0 Å². The van der Waals surface area contributed by atoms with E-state index in [1.807, 2.05) is 0 Å². The van der Waals surface area contributed by atoms with Gasteiger partial charge in [-0.1, -0.05) is 119 Å². The molecule has 0 saturated carbocycles. The number of rotatable bonds is 12. The van der Waals surface area contributed by atoms with Gasteiger partial charge >= 0.3 is 0 Å². The van der Waals surface area contributed by atoms with E-state index in [1.165, 1.54) is 39.2 Å². The average molecular weight is 594 g/mol. The molecule has 4 aromatic carbocycles. The lowest BCUT2D eigenvalue weighted by Gasteiger charge is -2.27. The first-order valence-corrected chi connectivity index (χ1v) is 15.2. The minimum atomic E-state index is -0.457. The van der Waals surface area contributed by atoms with E-state index in [0.717, 1.165) is 26.2 Å². The van der Waals surface area contributed by atoms with Gasteiger partial charge in [-0.05, 0) is 79.8 Å². The summed E-state index contributed by atoms with van der Waals surface area (Å²) in [4.78, 5) is 4.75. The van der Waals surface area contributed by atoms with Crippen LogP contribution in [0.5, 0.6) is 0 Å². The Balaban J connectivity index is 1.75. The second kappa shape index (κ2) is 14.2. The third-order valence-electron chi connectivity index (χ3n) is 7.59. The summed E-state index contributed by atoms with van der Waals surface area (Å²) in [6.45, 7) is 12.8. The minimum Gasteiger partial charge on any atom is -0.372 e. The molecule has 4 rings (SSSR count). The molecule has 3 heteroatoms. The molecule has 1 atom stereocenters. The smallest absolute Gasteiger partial charge is 0.0938 e. The Morgan fingerprint density at radius 2 is 1.00 bits per heavy atom. The SMILES string of the molecule is CCN(CC)c1ccc(C(=CC=CC(Br)(c2ccccc2)c2ccc(N(CC)CC)cc2)c2ccccc2)cc1. The maximum atomic E-state index is 4.17. The molecule has 0 spiro atoms. The fourth-order valence-corrected chi connectivity index (χ4v) is 5.92. The van der Waals surface area contributed by atoms with Gasteiger partial charge in [0, 0.05) is 37.6 Å². The Bertz CT molecular complexity index is 1370. The first-order valence-electron chi connectivity index (χ1n) is 14.4. The lowest BCUT2D eigenvalue weighted by atomic mass is 9.90. The normalized spacial score (nSPS) is 13.3. The van der Waals surface area contributed by atoms with Gasteiger partial charge in [0.2, 0.25) is 0 Å². The molecule has 0 heterocycles. The van der Waals surface area contributed by atoms with Crippen molar-refractivity contribution in [1.82, 2.24) is 0 Å². The van der Waals surface area contributed by atoms with Crippen LogP contribution in [0.2, 0.25) is 0 Å². The summed E-state index contributed by atoms with van der Waals surface area (Å²) in [6.07, 6.45) is 6.70. The number of halogens is 1. The van der Waals surface area contributed by atoms with Gasteiger partial charge in [0.1, 0.15) is 0 Å². The largest absolute Gasteiger partial charge is 0.372 e. The van der Waals surface area contributed by atoms with Crippen molar-refractivity contribution >= 4 is 32.9 Å². The predicted octanol–water partition coefficient (Wildman–Crippen LogP) is 9.71. The van der Waals surface area contributed by atoms with Crippen LogP contribution >= 0.6 is 15.9 Å². The molecule has 0 amide bonds. The Hall–Kier alpha value is -3.56. The molecule has 0 aliphatic rings. The Labute approximate surface area is 249 Å². The van der Waals surface area contributed by atoms with E-state index >= 15 is 0 Å². The second-order valence-electron chi connectivity index (χ2n) is 9.82. The summed E-state index contributed by atoms with van der Waals surface area (Å²) in [5, 5.41) is 0. The molecule has 0 fully saturated rings. The van der Waals surface area contributed by atoms with Gasteiger partial charge in [0.05, 0.1) is 4.32 Å². The third-order valence-corrected chi connectivity index (χ3v) is 8.77. The van der Waals surface area contributed by atoms with Crippen molar-refractivity contribution in [2.24, 2.45) is 0 Å². The highest BCUT2D eigenvalue weighted by atomic mass is 79.9. The van der Waals surface area contributed by atoms with Crippen LogP contribution < -0.4 is 9.80 Å². The van der Waals surface area contributed by atoms with E-state index in [-0.39, 0.29) is 0 Å². The molecule has 0 aliphatic carbocycles. The lowest BCUT2D eigenvalue weighted by molar-refractivity contribution is 0.864. The number of anilines is 2. The van der Waals surface area contributed by atoms with Gasteiger partial charge < -0.3 is 9.80 Å². The Kier molecular flexibility index (Phi) is 10.4. The van der Waals surface area contributed by atoms with E-state index in [4.69, 9.17) is 0 Å². The highest BCUT2D eigenvalue weighted by Crippen LogP contribution is 2.41. The first kappa shape index (κ1) is 29.4. The van der Waals surface area contributed by atoms with Gasteiger partial charge in [-0.15, -0.1) is 0 Å². The zero-order valence-electron chi connectivity index (χ0n) is 24.2. The number of hydrogen-bond acceptors (Lipinski definition) is 2. The summed E-state index contributed by atoms with van der Waals surface area (Å²) in [5.74, 6) is 0. The van der Waals surface area contributed by atoms with Crippen LogP contribution in [0.25, 0.3) is 5.57 Å². The van der Waals surface area contributed by atoms with Crippen molar-refractivity contribution in [3.05, 3.63) is 150 Å². The van der Waals surface area contributed by atoms with Gasteiger partial charge in [0.25, 0.3) is 0 Å². The molecule has 0 radical (unpaired) electrons. The highest BCUT2D eigenvalue weighted by molar-refractivity contribution is 9.09. The molecule has 1 unspecified atom stereocenters. The third kappa shape index (κ3) is 6.77. The second-order valence-corrected chi connectivity index (χ2v) is 11.1. The zero-order valence-corrected chi connectivity index (χ0v) is 25.8. The summed E-state index contributed by atoms with van der Waals surface area (Å²) >= 11 is 4.17. The molecule has 2 nitrogen and oxygen atoms in total. The molecule has 4 aromatic rings. The van der Waals surface area contributed by atoms with Gasteiger partial charge in [0.15, 0.2) is 0 Å². The van der Waals surface area contributed by atoms with Crippen molar-refractivity contribution in [3.8, 4) is 0 Å². The molecule has 0 aromatic heterocycles. The van der Waals surface area contributed by atoms with E-state index < -0.39 is 4.32 Å². The monoisotopic (exact) mass is 592 g/mol. The first-order chi connectivity index (χ1) is 19.5. The summed E-state index contributed by atoms with van der Waals surface area (Å²) < 4.78 is -0.457. The average Bonchev–Trinajstić information content (AvgIpc) is 3.02. The van der Waals surface area contributed by atoms with Crippen LogP contribution in [0.15, 0.2) is 127 Å². The van der Waals surface area contributed by atoms with Crippen molar-refractivity contribution in [2.45, 2.75) is 32.0 Å². The number of allylic oxidation sites excluding steroid dienone is 3. The van der Waals surface area contributed by atoms with E-state index in [1.54, 1.807) is 0 Å². The lowest BCUT2D eigenvalue weighted by Crippen LogP contribution is -2.22. The Morgan fingerprint density at radius 3 is 1.50 bits per heavy atom. The van der Waals surface area contributed by atoms with Crippen LogP contribution in [0.1, 0.15) is 49.9 Å². The molecule has 0 saturated heterocycles. The fraction of sp³-hybridized carbons (Fsp3) is 0.243. The fourth-order valence-electron chi connectivity index (χ4n) is 5.24. The maximum absolute atomic E-state index is 4.17. The standard InChI is InChI=1S/C37H41BrN2/c1-5-39(6-2)34-25-21-31(22-26-34)36(30-16-11-9-12-17-30)20-15-29-37(38,32-18-13-10-14-19-32)33-23-27-35(28-24-33)40(7-3)8-4/h9-29H,5-8H2,1-4H3. The predicted molar refractivity (Wildman–Crippen MR) is 179 cm³/mol. The molecule has 0 aliphatic heterocycles. The van der Waals surface area contributed by atoms with Crippen LogP contribution in [-0.2, 0) is 4.32 Å². The minimum absolute atomic E-state index is 0.457. The van der Waals surface area contributed by atoms with E-state index in [0.29, 0.717) is 0 Å². The quantitative estimate of drug-likeness (QED) is 0.119. The number of alkyl halides is 1. The molecular formula is C37H41BrN2. The van der Waals surface area contributed by atoms with E-state index in [9.17, 15) is 0 Å². The van der Waals surface area contributed by atoms with Crippen molar-refractivity contribution in [2.75, 3.05) is 36.0 Å². The van der Waals surface area contributed by atoms with E-state index in [2.05, 4.69) is 181 Å². The van der Waals surface area contributed by atoms with Crippen molar-refractivity contribution < 1.29 is 0 Å². The van der Waals surface area contributed by atoms with Gasteiger partial charge in [-0.3, -0.25) is 0 Å². The Morgan fingerprint density at radius 1 is 0.575 bits per heavy atom. The molecule has 0 bridgehead atoms. The van der Waals surface area contributed by atoms with Gasteiger partial charge in [-0.25, -0.2) is 0 Å². The van der Waals surface area contributed by atoms with Crippen molar-refractivity contribution in [3.63, 3.8) is 0 Å². The van der Waals surface area contributed by atoms with Crippen molar-refractivity contribution in [1.29, 1.82) is 0 Å². The zero-order chi connectivity index (χ0) is 28.4. The summed E-state index contributed by atoms with van der Waals surface area (Å²) in [7, 11) is 0. The molecule has 40 heavy (non-hydrogen) atoms. The molecular weight excluding hydrogens is 552 g/mol. The van der Waals surface area contributed by atoms with Gasteiger partial charge in [-0.2, -0.15) is 0 Å². The molecule has 0 N–H and O–H groups in total. The van der Waals surface area contributed by atoms with Crippen LogP contribution in [0.4, 0.5) is 11.4 Å². The highest BCUT2D eigenvalue weighted by Gasteiger charge is 2.28. The van der Waals surface area contributed by atoms with Crippen LogP contribution in [-0.4, -0.2) is 26.2 Å². The topological polar surface area (TPSA) is 6.48 Å². The number of hydrogen-bond donors (Lipinski definition) is 0.